The van der Waals surface area contributed by atoms with Gasteiger partial charge in [-0.1, -0.05) is 32.0 Å². The van der Waals surface area contributed by atoms with Gasteiger partial charge in [-0.15, -0.1) is 0 Å². The third-order valence-electron chi connectivity index (χ3n) is 5.40. The van der Waals surface area contributed by atoms with Crippen molar-refractivity contribution in [3.63, 3.8) is 0 Å². The molecule has 1 aliphatic heterocycles. The Morgan fingerprint density at radius 1 is 1.36 bits per heavy atom. The summed E-state index contributed by atoms with van der Waals surface area (Å²) in [6.45, 7) is 6.66. The van der Waals surface area contributed by atoms with Crippen molar-refractivity contribution in [2.24, 2.45) is 0 Å². The normalized spacial score (nSPS) is 13.8. The Balaban J connectivity index is 0.00000109. The molecule has 1 unspecified atom stereocenters. The minimum absolute atomic E-state index is 0.157. The first-order valence-electron chi connectivity index (χ1n) is 10.1. The van der Waals surface area contributed by atoms with Crippen molar-refractivity contribution in [2.75, 3.05) is 25.5 Å². The quantitative estimate of drug-likeness (QED) is 0.705. The lowest BCUT2D eigenvalue weighted by Crippen LogP contribution is -2.34. The lowest BCUT2D eigenvalue weighted by Gasteiger charge is -2.12. The van der Waals surface area contributed by atoms with Crippen LogP contribution in [-0.4, -0.2) is 42.4 Å². The molecule has 4 rings (SSSR count). The number of anilines is 1. The van der Waals surface area contributed by atoms with Crippen LogP contribution in [-0.2, 0) is 17.6 Å². The molecule has 0 bridgehead atoms. The number of rotatable bonds is 5. The maximum absolute atomic E-state index is 11.8. The van der Waals surface area contributed by atoms with E-state index in [0.29, 0.717) is 6.42 Å². The number of hydrogen-bond acceptors (Lipinski definition) is 4. The lowest BCUT2D eigenvalue weighted by molar-refractivity contribution is -0.118. The number of carbonyl (C=O) groups excluding carboxylic acids is 1. The number of pyridine rings is 1. The minimum atomic E-state index is -0.158. The first-order valence-corrected chi connectivity index (χ1v) is 10.1. The van der Waals surface area contributed by atoms with E-state index in [0.717, 1.165) is 41.0 Å². The summed E-state index contributed by atoms with van der Waals surface area (Å²) in [5.74, 6) is 1.25. The second kappa shape index (κ2) is 8.57. The first kappa shape index (κ1) is 20.1. The second-order valence-electron chi connectivity index (χ2n) is 7.08. The SMILES string of the molecule is CC.CNC(Cc1c[nH]c2c(-c3cnc4c(c3)CCN4C)cccc12)C(C)=O. The highest BCUT2D eigenvalue weighted by Crippen LogP contribution is 2.33. The highest BCUT2D eigenvalue weighted by atomic mass is 16.1. The number of fused-ring (bicyclic) bond motifs is 2. The third kappa shape index (κ3) is 3.67. The number of ketones is 1. The Morgan fingerprint density at radius 3 is 2.86 bits per heavy atom. The van der Waals surface area contributed by atoms with Crippen LogP contribution in [0, 0.1) is 0 Å². The van der Waals surface area contributed by atoms with Gasteiger partial charge in [0.1, 0.15) is 11.6 Å². The molecule has 5 nitrogen and oxygen atoms in total. The van der Waals surface area contributed by atoms with Crippen LogP contribution in [0.2, 0.25) is 0 Å². The predicted molar refractivity (Wildman–Crippen MR) is 117 cm³/mol. The van der Waals surface area contributed by atoms with Crippen molar-refractivity contribution >= 4 is 22.5 Å². The number of likely N-dealkylation sites (N-methyl/N-ethyl adjacent to an activating group) is 2. The van der Waals surface area contributed by atoms with Crippen molar-refractivity contribution in [1.29, 1.82) is 0 Å². The first-order chi connectivity index (χ1) is 13.6. The molecular formula is C23H30N4O. The number of benzene rings is 1. The summed E-state index contributed by atoms with van der Waals surface area (Å²) in [5, 5.41) is 4.27. The van der Waals surface area contributed by atoms with Gasteiger partial charge in [-0.25, -0.2) is 4.98 Å². The van der Waals surface area contributed by atoms with Crippen LogP contribution < -0.4 is 10.2 Å². The van der Waals surface area contributed by atoms with Gasteiger partial charge in [0.15, 0.2) is 0 Å². The fourth-order valence-corrected chi connectivity index (χ4v) is 3.86. The smallest absolute Gasteiger partial charge is 0.147 e. The van der Waals surface area contributed by atoms with Crippen LogP contribution in [0.3, 0.4) is 0 Å². The molecule has 0 aliphatic carbocycles. The van der Waals surface area contributed by atoms with Crippen LogP contribution in [0.25, 0.3) is 22.0 Å². The molecule has 2 N–H and O–H groups in total. The van der Waals surface area contributed by atoms with Crippen molar-refractivity contribution in [3.05, 3.63) is 47.8 Å². The van der Waals surface area contributed by atoms with E-state index >= 15 is 0 Å². The maximum atomic E-state index is 11.8. The number of aromatic nitrogens is 2. The summed E-state index contributed by atoms with van der Waals surface area (Å²) in [7, 11) is 3.92. The van der Waals surface area contributed by atoms with Crippen molar-refractivity contribution in [2.45, 2.75) is 39.7 Å². The fraction of sp³-hybridized carbons (Fsp3) is 0.391. The van der Waals surface area contributed by atoms with Crippen LogP contribution in [0.5, 0.6) is 0 Å². The van der Waals surface area contributed by atoms with Crippen LogP contribution in [0.1, 0.15) is 31.9 Å². The van der Waals surface area contributed by atoms with E-state index in [1.807, 2.05) is 33.3 Å². The molecule has 0 amide bonds. The molecule has 148 valence electrons. The zero-order valence-electron chi connectivity index (χ0n) is 17.5. The number of nitrogens with one attached hydrogen (secondary N) is 2. The van der Waals surface area contributed by atoms with Gasteiger partial charge in [-0.3, -0.25) is 4.79 Å². The molecule has 0 spiro atoms. The second-order valence-corrected chi connectivity index (χ2v) is 7.08. The van der Waals surface area contributed by atoms with E-state index in [9.17, 15) is 4.79 Å². The number of aromatic amines is 1. The minimum Gasteiger partial charge on any atom is -0.360 e. The molecule has 3 heterocycles. The highest BCUT2D eigenvalue weighted by molar-refractivity contribution is 5.96. The predicted octanol–water partition coefficient (Wildman–Crippen LogP) is 3.97. The van der Waals surface area contributed by atoms with Crippen LogP contribution in [0.4, 0.5) is 5.82 Å². The largest absolute Gasteiger partial charge is 0.360 e. The molecule has 1 aliphatic rings. The van der Waals surface area contributed by atoms with Gasteiger partial charge in [0.25, 0.3) is 0 Å². The van der Waals surface area contributed by atoms with Gasteiger partial charge in [0.05, 0.1) is 11.6 Å². The Labute approximate surface area is 167 Å². The molecule has 0 saturated heterocycles. The molecule has 2 aromatic heterocycles. The summed E-state index contributed by atoms with van der Waals surface area (Å²) in [4.78, 5) is 22.1. The summed E-state index contributed by atoms with van der Waals surface area (Å²) < 4.78 is 0. The van der Waals surface area contributed by atoms with Gasteiger partial charge in [-0.2, -0.15) is 0 Å². The Morgan fingerprint density at radius 2 is 2.14 bits per heavy atom. The van der Waals surface area contributed by atoms with Crippen LogP contribution >= 0.6 is 0 Å². The number of H-pyrrole nitrogens is 1. The topological polar surface area (TPSA) is 61.0 Å². The molecule has 0 fully saturated rings. The summed E-state index contributed by atoms with van der Waals surface area (Å²) >= 11 is 0. The Hall–Kier alpha value is -2.66. The molecule has 28 heavy (non-hydrogen) atoms. The van der Waals surface area contributed by atoms with Gasteiger partial charge in [0.2, 0.25) is 0 Å². The average molecular weight is 379 g/mol. The van der Waals surface area contributed by atoms with E-state index < -0.39 is 0 Å². The van der Waals surface area contributed by atoms with E-state index in [-0.39, 0.29) is 11.8 Å². The van der Waals surface area contributed by atoms with Gasteiger partial charge >= 0.3 is 0 Å². The maximum Gasteiger partial charge on any atom is 0.147 e. The molecule has 5 heteroatoms. The summed E-state index contributed by atoms with van der Waals surface area (Å²) in [5.41, 5.74) is 5.86. The summed E-state index contributed by atoms with van der Waals surface area (Å²) in [6.07, 6.45) is 5.71. The van der Waals surface area contributed by atoms with Crippen LogP contribution in [0.15, 0.2) is 36.7 Å². The summed E-state index contributed by atoms with van der Waals surface area (Å²) in [6, 6.07) is 8.43. The van der Waals surface area contributed by atoms with Crippen molar-refractivity contribution in [3.8, 4) is 11.1 Å². The van der Waals surface area contributed by atoms with Crippen molar-refractivity contribution in [1.82, 2.24) is 15.3 Å². The van der Waals surface area contributed by atoms with E-state index in [2.05, 4.69) is 51.5 Å². The zero-order valence-corrected chi connectivity index (χ0v) is 17.5. The highest BCUT2D eigenvalue weighted by Gasteiger charge is 2.19. The van der Waals surface area contributed by atoms with Gasteiger partial charge < -0.3 is 15.2 Å². The number of carbonyl (C=O) groups is 1. The average Bonchev–Trinajstić information content (AvgIpc) is 3.30. The molecule has 1 aromatic carbocycles. The zero-order chi connectivity index (χ0) is 20.3. The third-order valence-corrected chi connectivity index (χ3v) is 5.40. The van der Waals surface area contributed by atoms with Crippen molar-refractivity contribution < 1.29 is 4.79 Å². The standard InChI is InChI=1S/C21H24N4O.C2H6/c1-13(26)19(22-2)10-16-11-23-20-17(5-4-6-18(16)20)15-9-14-7-8-25(3)21(14)24-12-15;1-2/h4-6,9,11-12,19,22-23H,7-8,10H2,1-3H3;1-2H3. The molecule has 0 radical (unpaired) electrons. The monoisotopic (exact) mass is 378 g/mol. The molecular weight excluding hydrogens is 348 g/mol. The fourth-order valence-electron chi connectivity index (χ4n) is 3.86. The van der Waals surface area contributed by atoms with Gasteiger partial charge in [0, 0.05) is 42.5 Å². The number of Topliss-reactive ketones (excluding diaryl/α,β-unsaturated/α-hetero) is 1. The molecule has 0 saturated carbocycles. The Bertz CT molecular complexity index is 976. The molecule has 3 aromatic rings. The number of para-hydroxylation sites is 1. The van der Waals surface area contributed by atoms with E-state index in [1.165, 1.54) is 10.9 Å². The number of nitrogens with zero attached hydrogens (tertiary/aromatic N) is 2. The lowest BCUT2D eigenvalue weighted by atomic mass is 9.98. The van der Waals surface area contributed by atoms with E-state index in [1.54, 1.807) is 6.92 Å². The Kier molecular flexibility index (Phi) is 6.15. The van der Waals surface area contributed by atoms with E-state index in [4.69, 9.17) is 0 Å². The number of hydrogen-bond donors (Lipinski definition) is 2. The van der Waals surface area contributed by atoms with Gasteiger partial charge in [-0.05, 0) is 44.0 Å². The molecule has 1 atom stereocenters.